The van der Waals surface area contributed by atoms with E-state index in [-0.39, 0.29) is 5.41 Å². The normalized spacial score (nSPS) is 15.6. The Bertz CT molecular complexity index is 432. The van der Waals surface area contributed by atoms with Gasteiger partial charge in [0.25, 0.3) is 0 Å². The van der Waals surface area contributed by atoms with Gasteiger partial charge in [-0.1, -0.05) is 71.9 Å². The first-order chi connectivity index (χ1) is 10.3. The zero-order valence-corrected chi connectivity index (χ0v) is 16.5. The van der Waals surface area contributed by atoms with Crippen molar-refractivity contribution in [1.82, 2.24) is 0 Å². The van der Waals surface area contributed by atoms with E-state index in [4.69, 9.17) is 9.46 Å². The van der Waals surface area contributed by atoms with Gasteiger partial charge in [0.05, 0.1) is 0 Å². The quantitative estimate of drug-likeness (QED) is 0.302. The van der Waals surface area contributed by atoms with Crippen LogP contribution in [0.25, 0.3) is 0 Å². The molecule has 1 aromatic rings. The van der Waals surface area contributed by atoms with Crippen molar-refractivity contribution in [2.24, 2.45) is 5.41 Å². The summed E-state index contributed by atoms with van der Waals surface area (Å²) in [5.74, 6) is 0. The Hall–Kier alpha value is -0.643. The molecule has 1 atom stereocenters. The molecule has 1 aromatic carbocycles. The molecule has 0 N–H and O–H groups in total. The standard InChI is InChI=1S/C19H34O2Si/c1-8-18(5,6)19(7,17-15-13-12-14-16-17)20-21-22(9-2,10-3)11-4/h12-16H,8-11H2,1-7H3. The third-order valence-corrected chi connectivity index (χ3v) is 10.1. The van der Waals surface area contributed by atoms with Crippen molar-refractivity contribution in [3.05, 3.63) is 35.9 Å². The van der Waals surface area contributed by atoms with Crippen molar-refractivity contribution < 1.29 is 9.46 Å². The van der Waals surface area contributed by atoms with Crippen LogP contribution in [0.15, 0.2) is 30.3 Å². The maximum atomic E-state index is 6.27. The van der Waals surface area contributed by atoms with Gasteiger partial charge in [-0.3, -0.25) is 4.58 Å². The van der Waals surface area contributed by atoms with E-state index < -0.39 is 13.9 Å². The van der Waals surface area contributed by atoms with Crippen LogP contribution in [-0.2, 0) is 15.1 Å². The first kappa shape index (κ1) is 19.4. The highest BCUT2D eigenvalue weighted by atomic mass is 28.4. The summed E-state index contributed by atoms with van der Waals surface area (Å²) < 4.78 is 6.22. The van der Waals surface area contributed by atoms with Crippen molar-refractivity contribution in [2.45, 2.75) is 78.6 Å². The summed E-state index contributed by atoms with van der Waals surface area (Å²) in [6, 6.07) is 13.8. The van der Waals surface area contributed by atoms with E-state index in [2.05, 4.69) is 72.7 Å². The molecule has 0 aromatic heterocycles. The van der Waals surface area contributed by atoms with Gasteiger partial charge in [0.2, 0.25) is 8.32 Å². The fraction of sp³-hybridized carbons (Fsp3) is 0.684. The van der Waals surface area contributed by atoms with Crippen LogP contribution in [0.4, 0.5) is 0 Å². The zero-order chi connectivity index (χ0) is 16.9. The van der Waals surface area contributed by atoms with Gasteiger partial charge in [0.1, 0.15) is 5.60 Å². The first-order valence-corrected chi connectivity index (χ1v) is 11.3. The minimum absolute atomic E-state index is 0.0102. The maximum Gasteiger partial charge on any atom is 0.238 e. The molecule has 0 spiro atoms. The van der Waals surface area contributed by atoms with Gasteiger partial charge in [-0.15, -0.1) is 0 Å². The molecule has 2 nitrogen and oxygen atoms in total. The lowest BCUT2D eigenvalue weighted by Crippen LogP contribution is -2.46. The Morgan fingerprint density at radius 3 is 1.77 bits per heavy atom. The third-order valence-electron chi connectivity index (χ3n) is 5.82. The lowest BCUT2D eigenvalue weighted by molar-refractivity contribution is -0.334. The minimum Gasteiger partial charge on any atom is -0.285 e. The highest BCUT2D eigenvalue weighted by molar-refractivity contribution is 6.73. The fourth-order valence-corrected chi connectivity index (χ4v) is 4.94. The van der Waals surface area contributed by atoms with Crippen LogP contribution in [0.3, 0.4) is 0 Å². The highest BCUT2D eigenvalue weighted by Gasteiger charge is 2.45. The third kappa shape index (κ3) is 3.81. The molecule has 0 aliphatic rings. The molecule has 1 rings (SSSR count). The van der Waals surface area contributed by atoms with Crippen molar-refractivity contribution in [3.8, 4) is 0 Å². The van der Waals surface area contributed by atoms with Crippen molar-refractivity contribution in [3.63, 3.8) is 0 Å². The Morgan fingerprint density at radius 1 is 0.864 bits per heavy atom. The van der Waals surface area contributed by atoms with E-state index in [1.807, 2.05) is 6.07 Å². The summed E-state index contributed by atoms with van der Waals surface area (Å²) >= 11 is 0. The Morgan fingerprint density at radius 2 is 1.36 bits per heavy atom. The maximum absolute atomic E-state index is 6.27. The minimum atomic E-state index is -1.77. The Balaban J connectivity index is 3.13. The molecule has 0 fully saturated rings. The number of hydrogen-bond acceptors (Lipinski definition) is 2. The summed E-state index contributed by atoms with van der Waals surface area (Å²) in [7, 11) is -1.77. The van der Waals surface area contributed by atoms with E-state index in [1.165, 1.54) is 5.56 Å². The molecule has 0 heterocycles. The molecule has 0 saturated heterocycles. The molecule has 0 saturated carbocycles. The van der Waals surface area contributed by atoms with Gasteiger partial charge in [0, 0.05) is 5.41 Å². The molecular weight excluding hydrogens is 288 g/mol. The predicted octanol–water partition coefficient (Wildman–Crippen LogP) is 6.29. The molecule has 0 aliphatic heterocycles. The second kappa shape index (κ2) is 7.76. The van der Waals surface area contributed by atoms with Gasteiger partial charge in [0.15, 0.2) is 0 Å². The van der Waals surface area contributed by atoms with Crippen molar-refractivity contribution in [2.75, 3.05) is 0 Å². The fourth-order valence-electron chi connectivity index (χ4n) is 2.74. The van der Waals surface area contributed by atoms with Gasteiger partial charge in [-0.2, -0.15) is 0 Å². The average molecular weight is 323 g/mol. The number of rotatable bonds is 9. The zero-order valence-electron chi connectivity index (χ0n) is 15.5. The molecule has 0 aliphatic carbocycles. The molecule has 0 bridgehead atoms. The number of benzene rings is 1. The SMILES string of the molecule is CCC(C)(C)C(C)(OO[Si](CC)(CC)CC)c1ccccc1. The van der Waals surface area contributed by atoms with Crippen LogP contribution in [0, 0.1) is 5.41 Å². The van der Waals surface area contributed by atoms with Crippen LogP contribution in [0.5, 0.6) is 0 Å². The van der Waals surface area contributed by atoms with E-state index in [9.17, 15) is 0 Å². The van der Waals surface area contributed by atoms with Crippen molar-refractivity contribution >= 4 is 8.32 Å². The molecule has 0 amide bonds. The van der Waals surface area contributed by atoms with Crippen LogP contribution in [0.1, 0.15) is 60.5 Å². The second-order valence-corrected chi connectivity index (χ2v) is 11.7. The van der Waals surface area contributed by atoms with Crippen LogP contribution in [-0.4, -0.2) is 8.32 Å². The van der Waals surface area contributed by atoms with Crippen LogP contribution >= 0.6 is 0 Å². The molecular formula is C19H34O2Si. The van der Waals surface area contributed by atoms with E-state index in [0.717, 1.165) is 24.6 Å². The summed E-state index contributed by atoms with van der Waals surface area (Å²) in [6.45, 7) is 15.6. The largest absolute Gasteiger partial charge is 0.285 e. The highest BCUT2D eigenvalue weighted by Crippen LogP contribution is 2.46. The summed E-state index contributed by atoms with van der Waals surface area (Å²) in [4.78, 5) is 6.27. The summed E-state index contributed by atoms with van der Waals surface area (Å²) in [5, 5.41) is 0. The monoisotopic (exact) mass is 322 g/mol. The molecule has 3 heteroatoms. The molecule has 22 heavy (non-hydrogen) atoms. The average Bonchev–Trinajstić information content (AvgIpc) is 2.57. The first-order valence-electron chi connectivity index (χ1n) is 8.73. The summed E-state index contributed by atoms with van der Waals surface area (Å²) in [5.41, 5.74) is 0.734. The van der Waals surface area contributed by atoms with Crippen LogP contribution in [0.2, 0.25) is 18.1 Å². The molecule has 126 valence electrons. The van der Waals surface area contributed by atoms with Gasteiger partial charge < -0.3 is 0 Å². The van der Waals surface area contributed by atoms with Gasteiger partial charge >= 0.3 is 0 Å². The van der Waals surface area contributed by atoms with E-state index in [0.29, 0.717) is 0 Å². The summed E-state index contributed by atoms with van der Waals surface area (Å²) in [6.07, 6.45) is 1.03. The smallest absolute Gasteiger partial charge is 0.238 e. The van der Waals surface area contributed by atoms with Crippen molar-refractivity contribution in [1.29, 1.82) is 0 Å². The molecule has 0 radical (unpaired) electrons. The second-order valence-electron chi connectivity index (χ2n) is 7.05. The number of hydrogen-bond donors (Lipinski definition) is 0. The predicted molar refractivity (Wildman–Crippen MR) is 97.2 cm³/mol. The lowest BCUT2D eigenvalue weighted by atomic mass is 9.70. The Labute approximate surface area is 138 Å². The Kier molecular flexibility index (Phi) is 6.84. The van der Waals surface area contributed by atoms with Gasteiger partial charge in [-0.05, 0) is 37.0 Å². The lowest BCUT2D eigenvalue weighted by Gasteiger charge is -2.44. The van der Waals surface area contributed by atoms with Crippen LogP contribution < -0.4 is 0 Å². The van der Waals surface area contributed by atoms with E-state index >= 15 is 0 Å². The van der Waals surface area contributed by atoms with Gasteiger partial charge in [-0.25, -0.2) is 4.89 Å². The topological polar surface area (TPSA) is 18.5 Å². The molecule has 1 unspecified atom stereocenters. The van der Waals surface area contributed by atoms with E-state index in [1.54, 1.807) is 0 Å².